The van der Waals surface area contributed by atoms with Crippen LogP contribution in [-0.4, -0.2) is 31.5 Å². The molecular formula is C18H16O7. The van der Waals surface area contributed by atoms with Gasteiger partial charge in [-0.1, -0.05) is 6.07 Å². The monoisotopic (exact) mass is 344 g/mol. The average Bonchev–Trinajstić information content (AvgIpc) is 2.61. The lowest BCUT2D eigenvalue weighted by Gasteiger charge is -2.12. The number of aromatic hydroxyl groups is 2. The molecule has 3 aromatic rings. The van der Waals surface area contributed by atoms with E-state index in [1.807, 2.05) is 0 Å². The fourth-order valence-corrected chi connectivity index (χ4v) is 2.64. The van der Waals surface area contributed by atoms with E-state index >= 15 is 0 Å². The first-order valence-electron chi connectivity index (χ1n) is 7.28. The van der Waals surface area contributed by atoms with Gasteiger partial charge in [-0.3, -0.25) is 4.79 Å². The highest BCUT2D eigenvalue weighted by molar-refractivity contribution is 5.93. The number of phenolic OH excluding ortho intramolecular Hbond substituents is 2. The van der Waals surface area contributed by atoms with Gasteiger partial charge in [0.25, 0.3) is 0 Å². The summed E-state index contributed by atoms with van der Waals surface area (Å²) in [5, 5.41) is 20.1. The molecule has 25 heavy (non-hydrogen) atoms. The van der Waals surface area contributed by atoms with Crippen molar-refractivity contribution in [3.8, 4) is 39.9 Å². The Kier molecular flexibility index (Phi) is 4.14. The van der Waals surface area contributed by atoms with Crippen LogP contribution in [0.5, 0.6) is 28.7 Å². The summed E-state index contributed by atoms with van der Waals surface area (Å²) in [5.74, 6) is 0.321. The van der Waals surface area contributed by atoms with Crippen LogP contribution in [0.25, 0.3) is 22.1 Å². The molecule has 0 aliphatic heterocycles. The lowest BCUT2D eigenvalue weighted by atomic mass is 10.0. The maximum absolute atomic E-state index is 12.9. The third-order valence-corrected chi connectivity index (χ3v) is 3.86. The van der Waals surface area contributed by atoms with E-state index in [2.05, 4.69) is 0 Å². The first-order chi connectivity index (χ1) is 12.0. The van der Waals surface area contributed by atoms with E-state index in [1.54, 1.807) is 6.07 Å². The first kappa shape index (κ1) is 16.5. The van der Waals surface area contributed by atoms with E-state index in [9.17, 15) is 15.0 Å². The fourth-order valence-electron chi connectivity index (χ4n) is 2.64. The predicted octanol–water partition coefficient (Wildman–Crippen LogP) is 2.90. The molecule has 7 heteroatoms. The molecule has 0 radical (unpaired) electrons. The maximum Gasteiger partial charge on any atom is 0.204 e. The fraction of sp³-hybridized carbons (Fsp3) is 0.167. The molecule has 0 saturated heterocycles. The number of hydrogen-bond acceptors (Lipinski definition) is 7. The average molecular weight is 344 g/mol. The number of methoxy groups -OCH3 is 3. The Morgan fingerprint density at radius 1 is 0.920 bits per heavy atom. The molecule has 0 spiro atoms. The molecule has 0 bridgehead atoms. The minimum absolute atomic E-state index is 0.0366. The van der Waals surface area contributed by atoms with Gasteiger partial charge in [-0.2, -0.15) is 0 Å². The summed E-state index contributed by atoms with van der Waals surface area (Å²) in [6, 6.07) is 5.80. The summed E-state index contributed by atoms with van der Waals surface area (Å²) in [6.07, 6.45) is 1.24. The van der Waals surface area contributed by atoms with Crippen molar-refractivity contribution in [1.82, 2.24) is 0 Å². The van der Waals surface area contributed by atoms with Crippen molar-refractivity contribution < 1.29 is 28.8 Å². The maximum atomic E-state index is 12.9. The lowest BCUT2D eigenvalue weighted by Crippen LogP contribution is -2.06. The first-order valence-corrected chi connectivity index (χ1v) is 7.28. The standard InChI is InChI=1S/C18H16O7/c1-22-13-5-4-9(6-11(13)19)10-8-25-18-15(16(10)21)12(20)7-14(23-2)17(18)24-3/h4-8,19-20H,1-3H3. The van der Waals surface area contributed by atoms with Crippen LogP contribution >= 0.6 is 0 Å². The molecule has 1 aromatic heterocycles. The van der Waals surface area contributed by atoms with Crippen LogP contribution in [0.1, 0.15) is 0 Å². The van der Waals surface area contributed by atoms with Crippen LogP contribution in [-0.2, 0) is 0 Å². The molecule has 0 amide bonds. The van der Waals surface area contributed by atoms with Gasteiger partial charge in [0, 0.05) is 6.07 Å². The van der Waals surface area contributed by atoms with E-state index in [1.165, 1.54) is 45.8 Å². The van der Waals surface area contributed by atoms with Gasteiger partial charge in [0.2, 0.25) is 11.2 Å². The second-order valence-electron chi connectivity index (χ2n) is 5.20. The zero-order chi connectivity index (χ0) is 18.1. The van der Waals surface area contributed by atoms with E-state index in [4.69, 9.17) is 18.6 Å². The summed E-state index contributed by atoms with van der Waals surface area (Å²) in [6.45, 7) is 0. The van der Waals surface area contributed by atoms with Crippen LogP contribution in [0.15, 0.2) is 39.7 Å². The quantitative estimate of drug-likeness (QED) is 0.751. The van der Waals surface area contributed by atoms with Crippen molar-refractivity contribution in [1.29, 1.82) is 0 Å². The van der Waals surface area contributed by atoms with Gasteiger partial charge in [0.05, 0.1) is 26.9 Å². The van der Waals surface area contributed by atoms with Crippen LogP contribution in [0.2, 0.25) is 0 Å². The smallest absolute Gasteiger partial charge is 0.204 e. The van der Waals surface area contributed by atoms with Crippen molar-refractivity contribution in [2.75, 3.05) is 21.3 Å². The Hall–Kier alpha value is -3.35. The summed E-state index contributed by atoms with van der Waals surface area (Å²) in [4.78, 5) is 12.9. The van der Waals surface area contributed by atoms with Crippen LogP contribution in [0.3, 0.4) is 0 Å². The van der Waals surface area contributed by atoms with Crippen molar-refractivity contribution in [2.45, 2.75) is 0 Å². The zero-order valence-electron chi connectivity index (χ0n) is 13.8. The second-order valence-corrected chi connectivity index (χ2v) is 5.20. The predicted molar refractivity (Wildman–Crippen MR) is 90.9 cm³/mol. The Balaban J connectivity index is 2.30. The zero-order valence-corrected chi connectivity index (χ0v) is 13.8. The molecule has 130 valence electrons. The molecule has 3 rings (SSSR count). The van der Waals surface area contributed by atoms with Crippen molar-refractivity contribution in [2.24, 2.45) is 0 Å². The lowest BCUT2D eigenvalue weighted by molar-refractivity contribution is 0.350. The summed E-state index contributed by atoms with van der Waals surface area (Å²) >= 11 is 0. The Bertz CT molecular complexity index is 1000. The molecule has 1 heterocycles. The summed E-state index contributed by atoms with van der Waals surface area (Å²) in [7, 11) is 4.25. The third-order valence-electron chi connectivity index (χ3n) is 3.86. The van der Waals surface area contributed by atoms with Crippen molar-refractivity contribution in [3.63, 3.8) is 0 Å². The molecule has 0 unspecified atom stereocenters. The van der Waals surface area contributed by atoms with Gasteiger partial charge < -0.3 is 28.8 Å². The molecule has 0 atom stereocenters. The molecule has 0 saturated carbocycles. The van der Waals surface area contributed by atoms with E-state index in [-0.39, 0.29) is 45.3 Å². The molecule has 0 aliphatic rings. The molecule has 0 aliphatic carbocycles. The normalized spacial score (nSPS) is 10.7. The van der Waals surface area contributed by atoms with E-state index in [0.717, 1.165) is 0 Å². The van der Waals surface area contributed by atoms with Crippen LogP contribution in [0.4, 0.5) is 0 Å². The Morgan fingerprint density at radius 3 is 2.24 bits per heavy atom. The summed E-state index contributed by atoms with van der Waals surface area (Å²) in [5.41, 5.74) is 0.200. The number of phenols is 2. The van der Waals surface area contributed by atoms with Gasteiger partial charge >= 0.3 is 0 Å². The highest BCUT2D eigenvalue weighted by atomic mass is 16.5. The Labute approximate surface area is 142 Å². The Morgan fingerprint density at radius 2 is 1.64 bits per heavy atom. The number of benzene rings is 2. The topological polar surface area (TPSA) is 98.4 Å². The molecule has 0 fully saturated rings. The highest BCUT2D eigenvalue weighted by Crippen LogP contribution is 2.40. The van der Waals surface area contributed by atoms with Crippen molar-refractivity contribution in [3.05, 3.63) is 40.8 Å². The molecule has 7 nitrogen and oxygen atoms in total. The van der Waals surface area contributed by atoms with E-state index in [0.29, 0.717) is 5.56 Å². The van der Waals surface area contributed by atoms with Gasteiger partial charge in [-0.05, 0) is 17.7 Å². The third kappa shape index (κ3) is 2.59. The number of fused-ring (bicyclic) bond motifs is 1. The SMILES string of the molecule is COc1ccc(-c2coc3c(OC)c(OC)cc(O)c3c2=O)cc1O. The molecule has 2 aromatic carbocycles. The minimum atomic E-state index is -0.468. The van der Waals surface area contributed by atoms with Crippen LogP contribution in [0, 0.1) is 0 Å². The van der Waals surface area contributed by atoms with Gasteiger partial charge in [-0.15, -0.1) is 0 Å². The molecule has 2 N–H and O–H groups in total. The van der Waals surface area contributed by atoms with Gasteiger partial charge in [0.1, 0.15) is 17.4 Å². The minimum Gasteiger partial charge on any atom is -0.507 e. The second kappa shape index (κ2) is 6.27. The number of rotatable bonds is 4. The van der Waals surface area contributed by atoms with Gasteiger partial charge in [0.15, 0.2) is 22.8 Å². The molecular weight excluding hydrogens is 328 g/mol. The van der Waals surface area contributed by atoms with Crippen LogP contribution < -0.4 is 19.6 Å². The van der Waals surface area contributed by atoms with Crippen molar-refractivity contribution >= 4 is 11.0 Å². The highest BCUT2D eigenvalue weighted by Gasteiger charge is 2.20. The van der Waals surface area contributed by atoms with Gasteiger partial charge in [-0.25, -0.2) is 0 Å². The number of hydrogen-bond donors (Lipinski definition) is 2. The largest absolute Gasteiger partial charge is 0.507 e. The van der Waals surface area contributed by atoms with E-state index < -0.39 is 5.43 Å². The summed E-state index contributed by atoms with van der Waals surface area (Å²) < 4.78 is 20.9. The number of ether oxygens (including phenoxy) is 3.